The first-order valence-electron chi connectivity index (χ1n) is 8.44. The van der Waals surface area contributed by atoms with Crippen molar-refractivity contribution in [3.8, 4) is 11.1 Å². The molecule has 0 bridgehead atoms. The molecule has 29 heavy (non-hydrogen) atoms. The molecule has 0 spiro atoms. The van der Waals surface area contributed by atoms with Crippen molar-refractivity contribution in [1.29, 1.82) is 0 Å². The summed E-state index contributed by atoms with van der Waals surface area (Å²) in [7, 11) is -4.02. The summed E-state index contributed by atoms with van der Waals surface area (Å²) in [6.07, 6.45) is 0. The third kappa shape index (κ3) is 3.46. The van der Waals surface area contributed by atoms with Crippen LogP contribution in [0.3, 0.4) is 0 Å². The number of anilines is 2. The lowest BCUT2D eigenvalue weighted by molar-refractivity contribution is -0.114. The lowest BCUT2D eigenvalue weighted by atomic mass is 10.0. The molecular weight excluding hydrogens is 438 g/mol. The Morgan fingerprint density at radius 2 is 1.76 bits per heavy atom. The zero-order chi connectivity index (χ0) is 20.8. The van der Waals surface area contributed by atoms with Crippen molar-refractivity contribution in [2.24, 2.45) is 0 Å². The summed E-state index contributed by atoms with van der Waals surface area (Å²) in [6.45, 7) is -0.516. The van der Waals surface area contributed by atoms with Crippen molar-refractivity contribution in [2.75, 3.05) is 16.2 Å². The molecule has 3 aromatic carbocycles. The van der Waals surface area contributed by atoms with Gasteiger partial charge in [-0.2, -0.15) is 0 Å². The quantitative estimate of drug-likeness (QED) is 0.613. The number of amides is 1. The molecule has 0 aliphatic carbocycles. The smallest absolute Gasteiger partial charge is 0.265 e. The van der Waals surface area contributed by atoms with Gasteiger partial charge in [0, 0.05) is 11.1 Å². The Hall–Kier alpha value is -2.61. The summed E-state index contributed by atoms with van der Waals surface area (Å²) in [5.41, 5.74) is 1.26. The molecule has 1 N–H and O–H groups in total. The summed E-state index contributed by atoms with van der Waals surface area (Å²) >= 11 is 12.0. The van der Waals surface area contributed by atoms with Crippen molar-refractivity contribution >= 4 is 50.5 Å². The molecule has 1 aliphatic rings. The predicted molar refractivity (Wildman–Crippen MR) is 111 cm³/mol. The van der Waals surface area contributed by atoms with Gasteiger partial charge in [-0.05, 0) is 36.4 Å². The van der Waals surface area contributed by atoms with Gasteiger partial charge in [-0.25, -0.2) is 12.8 Å². The molecule has 0 aromatic heterocycles. The first-order chi connectivity index (χ1) is 13.8. The average molecular weight is 451 g/mol. The normalized spacial score (nSPS) is 14.1. The highest BCUT2D eigenvalue weighted by atomic mass is 35.5. The Balaban J connectivity index is 1.74. The maximum Gasteiger partial charge on any atom is 0.265 e. The number of sulfonamides is 1. The van der Waals surface area contributed by atoms with Crippen LogP contribution in [0.15, 0.2) is 65.6 Å². The van der Waals surface area contributed by atoms with Crippen LogP contribution in [0.2, 0.25) is 10.0 Å². The van der Waals surface area contributed by atoms with Crippen LogP contribution in [0, 0.1) is 5.82 Å². The fourth-order valence-corrected chi connectivity index (χ4v) is 5.19. The average Bonchev–Trinajstić information content (AvgIpc) is 2.69. The van der Waals surface area contributed by atoms with E-state index in [1.54, 1.807) is 36.4 Å². The predicted octanol–water partition coefficient (Wildman–Crippen LogP) is 4.95. The van der Waals surface area contributed by atoms with Crippen LogP contribution in [-0.4, -0.2) is 20.9 Å². The first kappa shape index (κ1) is 19.7. The van der Waals surface area contributed by atoms with Crippen molar-refractivity contribution in [1.82, 2.24) is 0 Å². The topological polar surface area (TPSA) is 66.5 Å². The highest BCUT2D eigenvalue weighted by Gasteiger charge is 2.36. The Morgan fingerprint density at radius 1 is 1.00 bits per heavy atom. The number of hydrogen-bond acceptors (Lipinski definition) is 3. The maximum absolute atomic E-state index is 13.9. The molecule has 0 radical (unpaired) electrons. The van der Waals surface area contributed by atoms with Gasteiger partial charge in [0.2, 0.25) is 5.91 Å². The Labute approximate surface area is 176 Å². The van der Waals surface area contributed by atoms with Crippen LogP contribution in [0.4, 0.5) is 15.8 Å². The summed E-state index contributed by atoms with van der Waals surface area (Å²) < 4.78 is 41.2. The van der Waals surface area contributed by atoms with Gasteiger partial charge >= 0.3 is 0 Å². The van der Waals surface area contributed by atoms with Crippen molar-refractivity contribution in [3.63, 3.8) is 0 Å². The fourth-order valence-electron chi connectivity index (χ4n) is 3.19. The van der Waals surface area contributed by atoms with Gasteiger partial charge in [-0.1, -0.05) is 47.5 Å². The lowest BCUT2D eigenvalue weighted by Crippen LogP contribution is -2.40. The molecule has 0 saturated heterocycles. The number of halogens is 3. The molecule has 1 amide bonds. The largest absolute Gasteiger partial charge is 0.323 e. The van der Waals surface area contributed by atoms with E-state index in [4.69, 9.17) is 23.2 Å². The van der Waals surface area contributed by atoms with Gasteiger partial charge in [-0.3, -0.25) is 9.10 Å². The zero-order valence-electron chi connectivity index (χ0n) is 14.7. The number of carbonyl (C=O) groups excluding carboxylic acids is 1. The molecule has 148 valence electrons. The molecule has 4 rings (SSSR count). The standard InChI is InChI=1S/C20H13Cl2FN2O3S/c21-15-5-3-6-16(20(15)22)24-19(26)11-25-17-9-8-12(23)10-14(17)13-4-1-2-7-18(13)29(25,27)28/h1-10H,11H2,(H,24,26). The van der Waals surface area contributed by atoms with Gasteiger partial charge < -0.3 is 5.32 Å². The minimum absolute atomic E-state index is 0.00619. The second-order valence-corrected chi connectivity index (χ2v) is 8.93. The second-order valence-electron chi connectivity index (χ2n) is 6.32. The van der Waals surface area contributed by atoms with E-state index in [0.29, 0.717) is 11.1 Å². The van der Waals surface area contributed by atoms with Gasteiger partial charge in [0.25, 0.3) is 10.0 Å². The molecule has 0 unspecified atom stereocenters. The van der Waals surface area contributed by atoms with Gasteiger partial charge in [-0.15, -0.1) is 0 Å². The maximum atomic E-state index is 13.9. The third-order valence-electron chi connectivity index (χ3n) is 4.49. The summed E-state index contributed by atoms with van der Waals surface area (Å²) in [4.78, 5) is 12.6. The minimum atomic E-state index is -4.02. The number of fused-ring (bicyclic) bond motifs is 3. The van der Waals surface area contributed by atoms with Crippen molar-refractivity contribution < 1.29 is 17.6 Å². The van der Waals surface area contributed by atoms with E-state index < -0.39 is 28.3 Å². The van der Waals surface area contributed by atoms with E-state index in [1.807, 2.05) is 0 Å². The van der Waals surface area contributed by atoms with Gasteiger partial charge in [0.15, 0.2) is 0 Å². The summed E-state index contributed by atoms with van der Waals surface area (Å²) in [5.74, 6) is -1.12. The molecule has 1 aliphatic heterocycles. The van der Waals surface area contributed by atoms with Crippen LogP contribution >= 0.6 is 23.2 Å². The summed E-state index contributed by atoms with van der Waals surface area (Å²) in [6, 6.07) is 14.8. The molecule has 0 saturated carbocycles. The first-order valence-corrected chi connectivity index (χ1v) is 10.6. The van der Waals surface area contributed by atoms with Crippen LogP contribution < -0.4 is 9.62 Å². The Kier molecular flexibility index (Phi) is 4.98. The highest BCUT2D eigenvalue weighted by Crippen LogP contribution is 2.43. The number of benzene rings is 3. The molecule has 9 heteroatoms. The monoisotopic (exact) mass is 450 g/mol. The van der Waals surface area contributed by atoms with E-state index in [-0.39, 0.29) is 26.3 Å². The molecule has 0 fully saturated rings. The fraction of sp³-hybridized carbons (Fsp3) is 0.0500. The van der Waals surface area contributed by atoms with E-state index >= 15 is 0 Å². The van der Waals surface area contributed by atoms with E-state index in [2.05, 4.69) is 5.32 Å². The molecule has 0 atom stereocenters. The van der Waals surface area contributed by atoms with Gasteiger partial charge in [0.1, 0.15) is 12.4 Å². The van der Waals surface area contributed by atoms with E-state index in [9.17, 15) is 17.6 Å². The Bertz CT molecular complexity index is 1250. The number of nitrogens with zero attached hydrogens (tertiary/aromatic N) is 1. The van der Waals surface area contributed by atoms with Crippen molar-refractivity contribution in [2.45, 2.75) is 4.90 Å². The number of carbonyl (C=O) groups is 1. The van der Waals surface area contributed by atoms with Crippen LogP contribution in [0.5, 0.6) is 0 Å². The SMILES string of the molecule is O=C(CN1c2ccc(F)cc2-c2ccccc2S1(=O)=O)Nc1cccc(Cl)c1Cl. The number of rotatable bonds is 3. The highest BCUT2D eigenvalue weighted by molar-refractivity contribution is 7.93. The molecule has 1 heterocycles. The summed E-state index contributed by atoms with van der Waals surface area (Å²) in [5, 5.41) is 2.97. The lowest BCUT2D eigenvalue weighted by Gasteiger charge is -2.31. The van der Waals surface area contributed by atoms with Gasteiger partial charge in [0.05, 0.1) is 26.3 Å². The Morgan fingerprint density at radius 3 is 2.55 bits per heavy atom. The number of nitrogens with one attached hydrogen (secondary N) is 1. The van der Waals surface area contributed by atoms with E-state index in [1.165, 1.54) is 18.2 Å². The number of hydrogen-bond donors (Lipinski definition) is 1. The van der Waals surface area contributed by atoms with E-state index in [0.717, 1.165) is 10.4 Å². The minimum Gasteiger partial charge on any atom is -0.323 e. The molecule has 5 nitrogen and oxygen atoms in total. The van der Waals surface area contributed by atoms with Crippen LogP contribution in [0.25, 0.3) is 11.1 Å². The van der Waals surface area contributed by atoms with Crippen LogP contribution in [-0.2, 0) is 14.8 Å². The van der Waals surface area contributed by atoms with Crippen LogP contribution in [0.1, 0.15) is 0 Å². The van der Waals surface area contributed by atoms with Crippen molar-refractivity contribution in [3.05, 3.63) is 76.5 Å². The second kappa shape index (κ2) is 7.33. The zero-order valence-corrected chi connectivity index (χ0v) is 17.0. The third-order valence-corrected chi connectivity index (χ3v) is 7.12. The molecular formula is C20H13Cl2FN2O3S. The molecule has 3 aromatic rings.